The zero-order valence-corrected chi connectivity index (χ0v) is 17.6. The number of carbonyl (C=O) groups excluding carboxylic acids is 4. The summed E-state index contributed by atoms with van der Waals surface area (Å²) in [5, 5.41) is 6.19. The number of hydrogen-bond acceptors (Lipinski definition) is 8. The number of allylic oxidation sites excluding steroid dienone is 8. The van der Waals surface area contributed by atoms with E-state index in [9.17, 15) is 19.2 Å². The summed E-state index contributed by atoms with van der Waals surface area (Å²) in [4.78, 5) is 59.5. The van der Waals surface area contributed by atoms with Crippen LogP contribution in [0.4, 0.5) is 0 Å². The fourth-order valence-electron chi connectivity index (χ4n) is 4.59. The zero-order valence-electron chi connectivity index (χ0n) is 17.6. The number of hydrogen-bond donors (Lipinski definition) is 2. The van der Waals surface area contributed by atoms with E-state index in [-0.39, 0.29) is 23.1 Å². The molecular formula is C24H24N4O4. The van der Waals surface area contributed by atoms with Crippen LogP contribution >= 0.6 is 0 Å². The lowest BCUT2D eigenvalue weighted by molar-refractivity contribution is -0.122. The van der Waals surface area contributed by atoms with Gasteiger partial charge in [-0.25, -0.2) is 0 Å². The summed E-state index contributed by atoms with van der Waals surface area (Å²) in [5.74, 6) is -0.353. The minimum absolute atomic E-state index is 0.0425. The van der Waals surface area contributed by atoms with Gasteiger partial charge in [0.2, 0.25) is 0 Å². The number of fused-ring (bicyclic) bond motifs is 2. The Balaban J connectivity index is 1.41. The van der Waals surface area contributed by atoms with E-state index < -0.39 is 12.3 Å². The van der Waals surface area contributed by atoms with Gasteiger partial charge in [0.15, 0.2) is 35.5 Å². The molecule has 32 heavy (non-hydrogen) atoms. The lowest BCUT2D eigenvalue weighted by atomic mass is 9.75. The van der Waals surface area contributed by atoms with Crippen molar-refractivity contribution in [2.24, 2.45) is 9.98 Å². The second-order valence-electron chi connectivity index (χ2n) is 8.51. The Morgan fingerprint density at radius 1 is 0.656 bits per heavy atom. The molecule has 0 aromatic carbocycles. The molecule has 2 saturated heterocycles. The van der Waals surface area contributed by atoms with E-state index in [1.165, 1.54) is 0 Å². The monoisotopic (exact) mass is 432 g/mol. The maximum Gasteiger partial charge on any atom is 0.194 e. The number of aliphatic imine (C=N–C) groups is 2. The first-order chi connectivity index (χ1) is 15.5. The first kappa shape index (κ1) is 20.8. The topological polar surface area (TPSA) is 117 Å². The van der Waals surface area contributed by atoms with Crippen LogP contribution in [-0.2, 0) is 19.2 Å². The van der Waals surface area contributed by atoms with Gasteiger partial charge in [-0.3, -0.25) is 39.8 Å². The van der Waals surface area contributed by atoms with E-state index in [0.29, 0.717) is 59.4 Å². The molecular weight excluding hydrogens is 408 g/mol. The first-order valence-electron chi connectivity index (χ1n) is 11.1. The molecule has 3 fully saturated rings. The molecule has 0 aromatic rings. The average Bonchev–Trinajstić information content (AvgIpc) is 2.80. The summed E-state index contributed by atoms with van der Waals surface area (Å²) in [6.07, 6.45) is 8.93. The van der Waals surface area contributed by atoms with Crippen molar-refractivity contribution in [3.05, 3.63) is 46.6 Å². The van der Waals surface area contributed by atoms with Crippen LogP contribution in [0, 0.1) is 0 Å². The van der Waals surface area contributed by atoms with Crippen LogP contribution < -0.4 is 10.6 Å². The van der Waals surface area contributed by atoms with Crippen LogP contribution in [-0.4, -0.2) is 60.0 Å². The molecule has 164 valence electrons. The molecule has 0 amide bonds. The molecule has 5 rings (SSSR count). The van der Waals surface area contributed by atoms with Gasteiger partial charge in [0.05, 0.1) is 0 Å². The number of rotatable bonds is 2. The lowest BCUT2D eigenvalue weighted by Crippen LogP contribution is -2.41. The van der Waals surface area contributed by atoms with Gasteiger partial charge in [-0.15, -0.1) is 0 Å². The van der Waals surface area contributed by atoms with E-state index in [1.807, 2.05) is 0 Å². The molecule has 5 aliphatic rings. The Kier molecular flexibility index (Phi) is 5.48. The van der Waals surface area contributed by atoms with Crippen molar-refractivity contribution in [2.45, 2.75) is 50.9 Å². The molecule has 8 heteroatoms. The molecule has 2 atom stereocenters. The predicted molar refractivity (Wildman–Crippen MR) is 119 cm³/mol. The molecule has 0 bridgehead atoms. The van der Waals surface area contributed by atoms with Crippen molar-refractivity contribution < 1.29 is 19.2 Å². The van der Waals surface area contributed by atoms with Crippen LogP contribution in [0.3, 0.4) is 0 Å². The Morgan fingerprint density at radius 3 is 1.50 bits per heavy atom. The summed E-state index contributed by atoms with van der Waals surface area (Å²) in [5.41, 5.74) is 2.63. The summed E-state index contributed by atoms with van der Waals surface area (Å²) in [6, 6.07) is 0. The largest absolute Gasteiger partial charge is 0.296 e. The molecule has 3 aliphatic carbocycles. The number of piperidine rings is 2. The SMILES string of the molecule is O=C1C2=CCC(=NC3NCCCC3=O)C=C2C(=O)C2=CCC(=NC3NCCCC3=O)C=C12. The van der Waals surface area contributed by atoms with Crippen LogP contribution in [0.5, 0.6) is 0 Å². The molecule has 2 aliphatic heterocycles. The van der Waals surface area contributed by atoms with Crippen molar-refractivity contribution >= 4 is 34.6 Å². The Hall–Kier alpha value is -3.10. The van der Waals surface area contributed by atoms with E-state index in [2.05, 4.69) is 20.6 Å². The van der Waals surface area contributed by atoms with Crippen molar-refractivity contribution in [2.75, 3.05) is 13.1 Å². The number of carbonyl (C=O) groups is 4. The molecule has 0 aromatic heterocycles. The minimum Gasteiger partial charge on any atom is -0.296 e. The molecule has 0 spiro atoms. The Morgan fingerprint density at radius 2 is 1.09 bits per heavy atom. The van der Waals surface area contributed by atoms with E-state index in [1.54, 1.807) is 24.3 Å². The lowest BCUT2D eigenvalue weighted by Gasteiger charge is -2.27. The Labute approximate surface area is 185 Å². The molecule has 2 unspecified atom stereocenters. The highest BCUT2D eigenvalue weighted by atomic mass is 16.1. The molecule has 1 saturated carbocycles. The summed E-state index contributed by atoms with van der Waals surface area (Å²) in [7, 11) is 0. The van der Waals surface area contributed by atoms with Crippen molar-refractivity contribution in [3.8, 4) is 0 Å². The number of Topliss-reactive ketones (excluding diaryl/α,β-unsaturated/α-hetero) is 4. The molecule has 8 nitrogen and oxygen atoms in total. The highest BCUT2D eigenvalue weighted by Crippen LogP contribution is 2.36. The molecule has 2 N–H and O–H groups in total. The second kappa shape index (κ2) is 8.44. The van der Waals surface area contributed by atoms with Crippen molar-refractivity contribution in [3.63, 3.8) is 0 Å². The van der Waals surface area contributed by atoms with Gasteiger partial charge in [0.25, 0.3) is 0 Å². The van der Waals surface area contributed by atoms with Crippen LogP contribution in [0.1, 0.15) is 38.5 Å². The highest BCUT2D eigenvalue weighted by molar-refractivity contribution is 6.37. The van der Waals surface area contributed by atoms with Gasteiger partial charge in [0, 0.05) is 59.4 Å². The van der Waals surface area contributed by atoms with Crippen LogP contribution in [0.25, 0.3) is 0 Å². The Bertz CT molecular complexity index is 1030. The molecule has 0 radical (unpaired) electrons. The fourth-order valence-corrected chi connectivity index (χ4v) is 4.59. The number of nitrogens with zero attached hydrogens (tertiary/aromatic N) is 2. The van der Waals surface area contributed by atoms with Gasteiger partial charge >= 0.3 is 0 Å². The van der Waals surface area contributed by atoms with Gasteiger partial charge in [-0.05, 0) is 38.1 Å². The third-order valence-corrected chi connectivity index (χ3v) is 6.29. The zero-order chi connectivity index (χ0) is 22.2. The summed E-state index contributed by atoms with van der Waals surface area (Å²) < 4.78 is 0. The van der Waals surface area contributed by atoms with Crippen molar-refractivity contribution in [1.29, 1.82) is 0 Å². The fraction of sp³-hybridized carbons (Fsp3) is 0.417. The number of nitrogens with one attached hydrogen (secondary N) is 2. The van der Waals surface area contributed by atoms with E-state index >= 15 is 0 Å². The quantitative estimate of drug-likeness (QED) is 0.675. The summed E-state index contributed by atoms with van der Waals surface area (Å²) in [6.45, 7) is 1.46. The van der Waals surface area contributed by atoms with E-state index in [0.717, 1.165) is 25.9 Å². The maximum atomic E-state index is 13.2. The first-order valence-corrected chi connectivity index (χ1v) is 11.1. The highest BCUT2D eigenvalue weighted by Gasteiger charge is 2.38. The third-order valence-electron chi connectivity index (χ3n) is 6.29. The van der Waals surface area contributed by atoms with E-state index in [4.69, 9.17) is 0 Å². The molecule has 2 heterocycles. The van der Waals surface area contributed by atoms with Gasteiger partial charge in [-0.2, -0.15) is 0 Å². The third kappa shape index (κ3) is 3.80. The summed E-state index contributed by atoms with van der Waals surface area (Å²) >= 11 is 0. The smallest absolute Gasteiger partial charge is 0.194 e. The van der Waals surface area contributed by atoms with Gasteiger partial charge < -0.3 is 0 Å². The average molecular weight is 432 g/mol. The van der Waals surface area contributed by atoms with Gasteiger partial charge in [-0.1, -0.05) is 12.2 Å². The normalized spacial score (nSPS) is 31.0. The minimum atomic E-state index is -0.584. The predicted octanol–water partition coefficient (Wildman–Crippen LogP) is 1.09. The van der Waals surface area contributed by atoms with Crippen LogP contribution in [0.15, 0.2) is 56.6 Å². The van der Waals surface area contributed by atoms with Gasteiger partial charge in [0.1, 0.15) is 0 Å². The standard InChI is InChI=1S/C24H24N4O4/c29-19-3-1-9-25-23(19)27-13-5-7-15-17(11-13)21(31)16-8-6-14(12-18(16)22(15)32)28-24-20(30)4-2-10-26-24/h7-8,11-12,23-26H,1-6,9-10H2. The maximum absolute atomic E-state index is 13.2. The van der Waals surface area contributed by atoms with Crippen molar-refractivity contribution in [1.82, 2.24) is 10.6 Å². The number of ketones is 4. The van der Waals surface area contributed by atoms with Crippen LogP contribution in [0.2, 0.25) is 0 Å². The second-order valence-corrected chi connectivity index (χ2v) is 8.51.